The number of piperidine rings is 1. The first-order valence-corrected chi connectivity index (χ1v) is 15.1. The second-order valence-electron chi connectivity index (χ2n) is 10.6. The van der Waals surface area contributed by atoms with Crippen LogP contribution in [0.1, 0.15) is 85.2 Å². The Balaban J connectivity index is 1.19. The Morgan fingerprint density at radius 3 is 2.44 bits per heavy atom. The lowest BCUT2D eigenvalue weighted by molar-refractivity contribution is 0.0931. The summed E-state index contributed by atoms with van der Waals surface area (Å²) in [6.45, 7) is 2.23. The topological polar surface area (TPSA) is 91.4 Å². The van der Waals surface area contributed by atoms with Crippen LogP contribution >= 0.6 is 0 Å². The van der Waals surface area contributed by atoms with E-state index in [0.717, 1.165) is 82.9 Å². The molecule has 2 fully saturated rings. The van der Waals surface area contributed by atoms with E-state index in [2.05, 4.69) is 26.0 Å². The number of amides is 1. The van der Waals surface area contributed by atoms with Crippen molar-refractivity contribution in [2.24, 2.45) is 0 Å². The first kappa shape index (κ1) is 25.2. The van der Waals surface area contributed by atoms with Crippen molar-refractivity contribution in [2.45, 2.75) is 81.4 Å². The SMILES string of the molecule is O=C(NC1CCN(c2ccncc2)CC1)c1ccc2c(c1)C(CNS(=O)(=O)C1CCCCC1)CCC2. The minimum atomic E-state index is -3.29. The van der Waals surface area contributed by atoms with Crippen LogP contribution in [-0.2, 0) is 16.4 Å². The molecule has 1 aliphatic heterocycles. The standard InChI is InChI=1S/C28H38N4O3S/c33-28(31-24-13-17-32(18-14-24)25-11-15-29-16-12-25)22-10-9-21-5-4-6-23(27(21)19-22)20-30-36(34,35)26-7-2-1-3-8-26/h9-12,15-16,19,23-24,26,30H,1-8,13-14,17-18,20H2,(H,31,33). The van der Waals surface area contributed by atoms with Gasteiger partial charge in [-0.25, -0.2) is 13.1 Å². The highest BCUT2D eigenvalue weighted by Crippen LogP contribution is 2.33. The molecule has 8 heteroatoms. The summed E-state index contributed by atoms with van der Waals surface area (Å²) in [6, 6.07) is 10.2. The molecule has 36 heavy (non-hydrogen) atoms. The van der Waals surface area contributed by atoms with E-state index < -0.39 is 10.0 Å². The summed E-state index contributed by atoms with van der Waals surface area (Å²) in [5.41, 5.74) is 4.22. The number of aromatic nitrogens is 1. The van der Waals surface area contributed by atoms with Crippen molar-refractivity contribution in [3.8, 4) is 0 Å². The van der Waals surface area contributed by atoms with Crippen LogP contribution in [0.2, 0.25) is 0 Å². The molecule has 1 atom stereocenters. The Morgan fingerprint density at radius 2 is 1.69 bits per heavy atom. The van der Waals surface area contributed by atoms with Crippen LogP contribution < -0.4 is 14.9 Å². The number of rotatable bonds is 7. The second kappa shape index (κ2) is 11.3. The number of benzene rings is 1. The van der Waals surface area contributed by atoms with E-state index in [-0.39, 0.29) is 23.1 Å². The maximum absolute atomic E-state index is 13.1. The smallest absolute Gasteiger partial charge is 0.251 e. The van der Waals surface area contributed by atoms with Crippen LogP contribution in [0.4, 0.5) is 5.69 Å². The largest absolute Gasteiger partial charge is 0.371 e. The molecule has 1 saturated heterocycles. The molecular formula is C28H38N4O3S. The van der Waals surface area contributed by atoms with Gasteiger partial charge in [0.2, 0.25) is 10.0 Å². The summed E-state index contributed by atoms with van der Waals surface area (Å²) < 4.78 is 28.7. The third kappa shape index (κ3) is 5.92. The Hall–Kier alpha value is -2.45. The minimum Gasteiger partial charge on any atom is -0.371 e. The van der Waals surface area contributed by atoms with Crippen LogP contribution in [0, 0.1) is 0 Å². The highest BCUT2D eigenvalue weighted by atomic mass is 32.2. The van der Waals surface area contributed by atoms with Crippen LogP contribution in [0.3, 0.4) is 0 Å². The maximum atomic E-state index is 13.1. The Labute approximate surface area is 215 Å². The van der Waals surface area contributed by atoms with E-state index in [4.69, 9.17) is 0 Å². The number of nitrogens with zero attached hydrogens (tertiary/aromatic N) is 2. The molecular weight excluding hydrogens is 472 g/mol. The summed E-state index contributed by atoms with van der Waals surface area (Å²) in [5.74, 6) is 0.0794. The summed E-state index contributed by atoms with van der Waals surface area (Å²) in [7, 11) is -3.29. The molecule has 0 bridgehead atoms. The second-order valence-corrected chi connectivity index (χ2v) is 12.6. The molecule has 0 spiro atoms. The fourth-order valence-corrected chi connectivity index (χ4v) is 7.69. The van der Waals surface area contributed by atoms with Crippen molar-refractivity contribution in [1.29, 1.82) is 0 Å². The molecule has 7 nitrogen and oxygen atoms in total. The van der Waals surface area contributed by atoms with Gasteiger partial charge in [-0.3, -0.25) is 9.78 Å². The number of carbonyl (C=O) groups is 1. The zero-order valence-corrected chi connectivity index (χ0v) is 21.8. The number of anilines is 1. The maximum Gasteiger partial charge on any atom is 0.251 e. The number of sulfonamides is 1. The molecule has 2 heterocycles. The van der Waals surface area contributed by atoms with Crippen molar-refractivity contribution in [3.63, 3.8) is 0 Å². The molecule has 2 N–H and O–H groups in total. The van der Waals surface area contributed by atoms with E-state index in [1.807, 2.05) is 36.7 Å². The highest BCUT2D eigenvalue weighted by Gasteiger charge is 2.29. The normalized spacial score (nSPS) is 21.7. The summed E-state index contributed by atoms with van der Waals surface area (Å²) in [4.78, 5) is 19.6. The lowest BCUT2D eigenvalue weighted by Crippen LogP contribution is -2.44. The molecule has 1 saturated carbocycles. The highest BCUT2D eigenvalue weighted by molar-refractivity contribution is 7.90. The van der Waals surface area contributed by atoms with Gasteiger partial charge in [-0.05, 0) is 86.3 Å². The number of carbonyl (C=O) groups excluding carboxylic acids is 1. The molecule has 0 radical (unpaired) electrons. The molecule has 1 aromatic heterocycles. The predicted molar refractivity (Wildman–Crippen MR) is 143 cm³/mol. The van der Waals surface area contributed by atoms with Gasteiger partial charge in [0.15, 0.2) is 0 Å². The van der Waals surface area contributed by atoms with E-state index in [0.29, 0.717) is 12.1 Å². The van der Waals surface area contributed by atoms with Crippen molar-refractivity contribution in [3.05, 3.63) is 59.4 Å². The van der Waals surface area contributed by atoms with Crippen LogP contribution in [0.25, 0.3) is 0 Å². The Morgan fingerprint density at radius 1 is 0.944 bits per heavy atom. The van der Waals surface area contributed by atoms with E-state index in [1.165, 1.54) is 11.3 Å². The molecule has 2 aromatic rings. The minimum absolute atomic E-state index is 0.0349. The number of pyridine rings is 1. The Bertz CT molecular complexity index is 1140. The molecule has 1 aromatic carbocycles. The third-order valence-corrected chi connectivity index (χ3v) is 10.1. The molecule has 3 aliphatic rings. The van der Waals surface area contributed by atoms with Gasteiger partial charge >= 0.3 is 0 Å². The molecule has 2 aliphatic carbocycles. The summed E-state index contributed by atoms with van der Waals surface area (Å²) >= 11 is 0. The predicted octanol–water partition coefficient (Wildman–Crippen LogP) is 4.15. The number of hydrogen-bond donors (Lipinski definition) is 2. The van der Waals surface area contributed by atoms with Crippen molar-refractivity contribution < 1.29 is 13.2 Å². The first-order valence-electron chi connectivity index (χ1n) is 13.6. The Kier molecular flexibility index (Phi) is 7.91. The quantitative estimate of drug-likeness (QED) is 0.584. The van der Waals surface area contributed by atoms with Crippen LogP contribution in [-0.4, -0.2) is 50.2 Å². The van der Waals surface area contributed by atoms with Gasteiger partial charge in [-0.1, -0.05) is 25.3 Å². The van der Waals surface area contributed by atoms with Gasteiger partial charge < -0.3 is 10.2 Å². The first-order chi connectivity index (χ1) is 17.5. The van der Waals surface area contributed by atoms with Gasteiger partial charge in [0.05, 0.1) is 5.25 Å². The summed E-state index contributed by atoms with van der Waals surface area (Å²) in [5, 5.41) is 2.99. The lowest BCUT2D eigenvalue weighted by atomic mass is 9.82. The van der Waals surface area contributed by atoms with Crippen LogP contribution in [0.5, 0.6) is 0 Å². The number of nitrogens with one attached hydrogen (secondary N) is 2. The van der Waals surface area contributed by atoms with E-state index >= 15 is 0 Å². The van der Waals surface area contributed by atoms with Gasteiger partial charge in [0.1, 0.15) is 0 Å². The van der Waals surface area contributed by atoms with E-state index in [9.17, 15) is 13.2 Å². The molecule has 194 valence electrons. The van der Waals surface area contributed by atoms with Gasteiger partial charge in [0, 0.05) is 49.3 Å². The fourth-order valence-electron chi connectivity index (χ4n) is 6.07. The zero-order chi connectivity index (χ0) is 25.0. The van der Waals surface area contributed by atoms with Gasteiger partial charge in [-0.15, -0.1) is 0 Å². The van der Waals surface area contributed by atoms with Crippen molar-refractivity contribution in [2.75, 3.05) is 24.5 Å². The van der Waals surface area contributed by atoms with Crippen molar-refractivity contribution in [1.82, 2.24) is 15.0 Å². The van der Waals surface area contributed by atoms with Crippen molar-refractivity contribution >= 4 is 21.6 Å². The number of aryl methyl sites for hydroxylation is 1. The molecule has 1 amide bonds. The van der Waals surface area contributed by atoms with Crippen LogP contribution in [0.15, 0.2) is 42.7 Å². The fraction of sp³-hybridized carbons (Fsp3) is 0.571. The lowest BCUT2D eigenvalue weighted by Gasteiger charge is -2.34. The zero-order valence-electron chi connectivity index (χ0n) is 21.0. The van der Waals surface area contributed by atoms with E-state index in [1.54, 1.807) is 0 Å². The van der Waals surface area contributed by atoms with Gasteiger partial charge in [-0.2, -0.15) is 0 Å². The summed E-state index contributed by atoms with van der Waals surface area (Å²) in [6.07, 6.45) is 13.1. The molecule has 1 unspecified atom stereocenters. The number of hydrogen-bond acceptors (Lipinski definition) is 5. The molecule has 5 rings (SSSR count). The third-order valence-electron chi connectivity index (χ3n) is 8.23. The average molecular weight is 511 g/mol. The average Bonchev–Trinajstić information content (AvgIpc) is 2.93. The number of fused-ring (bicyclic) bond motifs is 1. The monoisotopic (exact) mass is 510 g/mol. The van der Waals surface area contributed by atoms with Gasteiger partial charge in [0.25, 0.3) is 5.91 Å².